The van der Waals surface area contributed by atoms with Gasteiger partial charge in [-0.3, -0.25) is 4.79 Å². The van der Waals surface area contributed by atoms with Crippen LogP contribution in [0.15, 0.2) is 72.3 Å². The molecule has 0 bridgehead atoms. The van der Waals surface area contributed by atoms with Crippen LogP contribution in [-0.4, -0.2) is 23.3 Å². The number of carbonyl (C=O) groups excluding carboxylic acids is 1. The number of rotatable bonds is 3. The van der Waals surface area contributed by atoms with Crippen LogP contribution in [0.3, 0.4) is 0 Å². The number of carbonyl (C=O) groups is 1. The normalized spacial score (nSPS) is 24.2. The largest absolute Gasteiger partial charge is 0.458 e. The predicted octanol–water partition coefficient (Wildman–Crippen LogP) is 4.69. The summed E-state index contributed by atoms with van der Waals surface area (Å²) in [6.45, 7) is 4.51. The minimum Gasteiger partial charge on any atom is -0.458 e. The summed E-state index contributed by atoms with van der Waals surface area (Å²) < 4.78 is 5.42. The van der Waals surface area contributed by atoms with E-state index in [1.54, 1.807) is 0 Å². The van der Waals surface area contributed by atoms with Gasteiger partial charge in [-0.05, 0) is 45.7 Å². The zero-order valence-electron chi connectivity index (χ0n) is 16.4. The summed E-state index contributed by atoms with van der Waals surface area (Å²) in [5, 5.41) is 9.90. The smallest absolute Gasteiger partial charge is 0.309 e. The second-order valence-electron chi connectivity index (χ2n) is 8.35. The van der Waals surface area contributed by atoms with E-state index in [0.717, 1.165) is 6.42 Å². The quantitative estimate of drug-likeness (QED) is 0.793. The van der Waals surface area contributed by atoms with Crippen LogP contribution in [0.4, 0.5) is 0 Å². The number of benzene rings is 2. The molecular weight excluding hydrogens is 348 g/mol. The Morgan fingerprint density at radius 3 is 2.54 bits per heavy atom. The number of ether oxygens (including phenoxy) is 1. The molecule has 0 saturated carbocycles. The standard InChI is InChI=1S/C25H26O3/c1-25(2)16-18-10-6-7-11-21(18)24(17-8-4-3-5-9-17)22(25)13-12-20-14-19(26)15-23(27)28-20/h3-13,19-20,26H,14-16H2,1-2H3/b13-12+/t19-,20-/m1/s1. The van der Waals surface area contributed by atoms with Crippen molar-refractivity contribution in [2.24, 2.45) is 5.41 Å². The number of hydrogen-bond donors (Lipinski definition) is 1. The second kappa shape index (κ2) is 7.40. The SMILES string of the molecule is CC1(C)Cc2ccccc2C(c2ccccc2)=C1/C=C/[C@@H]1C[C@@H](O)CC(=O)O1. The summed E-state index contributed by atoms with van der Waals surface area (Å²) in [6.07, 6.45) is 4.52. The fraction of sp³-hybridized carbons (Fsp3) is 0.320. The molecule has 0 spiro atoms. The van der Waals surface area contributed by atoms with Crippen LogP contribution < -0.4 is 0 Å². The van der Waals surface area contributed by atoms with Crippen molar-refractivity contribution < 1.29 is 14.6 Å². The summed E-state index contributed by atoms with van der Waals surface area (Å²) in [4.78, 5) is 11.7. The monoisotopic (exact) mass is 374 g/mol. The van der Waals surface area contributed by atoms with Crippen molar-refractivity contribution in [2.75, 3.05) is 0 Å². The Hall–Kier alpha value is -2.65. The van der Waals surface area contributed by atoms with Gasteiger partial charge < -0.3 is 9.84 Å². The lowest BCUT2D eigenvalue weighted by molar-refractivity contribution is -0.156. The fourth-order valence-corrected chi connectivity index (χ4v) is 4.33. The highest BCUT2D eigenvalue weighted by atomic mass is 16.5. The maximum atomic E-state index is 11.7. The zero-order chi connectivity index (χ0) is 19.7. The van der Waals surface area contributed by atoms with E-state index >= 15 is 0 Å². The molecule has 2 aromatic rings. The molecule has 28 heavy (non-hydrogen) atoms. The van der Waals surface area contributed by atoms with Crippen molar-refractivity contribution >= 4 is 11.5 Å². The van der Waals surface area contributed by atoms with Gasteiger partial charge >= 0.3 is 5.97 Å². The number of aliphatic hydroxyl groups is 1. The van der Waals surface area contributed by atoms with Crippen molar-refractivity contribution in [2.45, 2.75) is 45.3 Å². The highest BCUT2D eigenvalue weighted by Gasteiger charge is 2.33. The van der Waals surface area contributed by atoms with Crippen LogP contribution in [-0.2, 0) is 16.0 Å². The number of hydrogen-bond acceptors (Lipinski definition) is 3. The molecule has 2 aliphatic rings. The summed E-state index contributed by atoms with van der Waals surface area (Å²) in [5.41, 5.74) is 6.19. The van der Waals surface area contributed by atoms with Gasteiger partial charge in [0.2, 0.25) is 0 Å². The first-order chi connectivity index (χ1) is 13.4. The number of fused-ring (bicyclic) bond motifs is 1. The van der Waals surface area contributed by atoms with Crippen molar-refractivity contribution in [1.82, 2.24) is 0 Å². The zero-order valence-corrected chi connectivity index (χ0v) is 16.4. The molecule has 1 N–H and O–H groups in total. The molecule has 0 radical (unpaired) electrons. The van der Waals surface area contributed by atoms with Gasteiger partial charge in [0.05, 0.1) is 12.5 Å². The van der Waals surface area contributed by atoms with E-state index in [1.807, 2.05) is 12.1 Å². The third-order valence-corrected chi connectivity index (χ3v) is 5.65. The van der Waals surface area contributed by atoms with E-state index in [2.05, 4.69) is 68.5 Å². The molecule has 1 saturated heterocycles. The van der Waals surface area contributed by atoms with E-state index in [1.165, 1.54) is 27.8 Å². The topological polar surface area (TPSA) is 46.5 Å². The lowest BCUT2D eigenvalue weighted by Gasteiger charge is -2.36. The highest BCUT2D eigenvalue weighted by Crippen LogP contribution is 2.45. The molecule has 3 heteroatoms. The Labute approximate surface area is 166 Å². The van der Waals surface area contributed by atoms with Gasteiger partial charge in [0.1, 0.15) is 6.10 Å². The van der Waals surface area contributed by atoms with Crippen LogP contribution in [0.1, 0.15) is 43.4 Å². The Balaban J connectivity index is 1.83. The molecule has 0 aromatic heterocycles. The Kier molecular flexibility index (Phi) is 4.94. The Morgan fingerprint density at radius 2 is 1.79 bits per heavy atom. The Bertz CT molecular complexity index is 937. The molecule has 1 heterocycles. The first kappa shape index (κ1) is 18.7. The third-order valence-electron chi connectivity index (χ3n) is 5.65. The third kappa shape index (κ3) is 3.67. The van der Waals surface area contributed by atoms with Crippen LogP contribution >= 0.6 is 0 Å². The van der Waals surface area contributed by atoms with Crippen molar-refractivity contribution in [3.8, 4) is 0 Å². The summed E-state index contributed by atoms with van der Waals surface area (Å²) in [5.74, 6) is -0.334. The lowest BCUT2D eigenvalue weighted by Crippen LogP contribution is -2.31. The van der Waals surface area contributed by atoms with Crippen LogP contribution in [0.5, 0.6) is 0 Å². The van der Waals surface area contributed by atoms with E-state index in [9.17, 15) is 9.90 Å². The number of aliphatic hydroxyl groups excluding tert-OH is 1. The molecule has 1 aliphatic carbocycles. The molecule has 1 fully saturated rings. The number of allylic oxidation sites excluding steroid dienone is 2. The fourth-order valence-electron chi connectivity index (χ4n) is 4.33. The van der Waals surface area contributed by atoms with Gasteiger partial charge in [-0.2, -0.15) is 0 Å². The second-order valence-corrected chi connectivity index (χ2v) is 8.35. The molecule has 144 valence electrons. The first-order valence-electron chi connectivity index (χ1n) is 9.88. The minimum atomic E-state index is -0.626. The van der Waals surface area contributed by atoms with E-state index in [0.29, 0.717) is 6.42 Å². The number of esters is 1. The molecule has 0 amide bonds. The van der Waals surface area contributed by atoms with Crippen LogP contribution in [0, 0.1) is 5.41 Å². The summed E-state index contributed by atoms with van der Waals surface area (Å²) in [7, 11) is 0. The number of cyclic esters (lactones) is 1. The first-order valence-corrected chi connectivity index (χ1v) is 9.88. The lowest BCUT2D eigenvalue weighted by atomic mass is 9.68. The van der Waals surface area contributed by atoms with Crippen molar-refractivity contribution in [3.05, 3.63) is 89.0 Å². The van der Waals surface area contributed by atoms with E-state index in [-0.39, 0.29) is 23.9 Å². The molecule has 2 aromatic carbocycles. The van der Waals surface area contributed by atoms with Gasteiger partial charge in [-0.25, -0.2) is 0 Å². The summed E-state index contributed by atoms with van der Waals surface area (Å²) in [6, 6.07) is 19.0. The van der Waals surface area contributed by atoms with Crippen LogP contribution in [0.25, 0.3) is 5.57 Å². The van der Waals surface area contributed by atoms with Crippen molar-refractivity contribution in [1.29, 1.82) is 0 Å². The summed E-state index contributed by atoms with van der Waals surface area (Å²) >= 11 is 0. The van der Waals surface area contributed by atoms with Gasteiger partial charge in [-0.15, -0.1) is 0 Å². The average Bonchev–Trinajstić information content (AvgIpc) is 2.65. The Morgan fingerprint density at radius 1 is 1.07 bits per heavy atom. The molecule has 3 nitrogen and oxygen atoms in total. The molecule has 1 aliphatic heterocycles. The molecule has 0 unspecified atom stereocenters. The van der Waals surface area contributed by atoms with Gasteiger partial charge in [0, 0.05) is 6.42 Å². The van der Waals surface area contributed by atoms with Crippen LogP contribution in [0.2, 0.25) is 0 Å². The van der Waals surface area contributed by atoms with Gasteiger partial charge in [0.25, 0.3) is 0 Å². The molecule has 2 atom stereocenters. The average molecular weight is 374 g/mol. The minimum absolute atomic E-state index is 0.0622. The maximum Gasteiger partial charge on any atom is 0.309 e. The van der Waals surface area contributed by atoms with Crippen molar-refractivity contribution in [3.63, 3.8) is 0 Å². The van der Waals surface area contributed by atoms with E-state index in [4.69, 9.17) is 4.74 Å². The molecule has 4 rings (SSSR count). The predicted molar refractivity (Wildman–Crippen MR) is 111 cm³/mol. The van der Waals surface area contributed by atoms with Gasteiger partial charge in [-0.1, -0.05) is 74.5 Å². The van der Waals surface area contributed by atoms with E-state index < -0.39 is 6.10 Å². The maximum absolute atomic E-state index is 11.7. The highest BCUT2D eigenvalue weighted by molar-refractivity contribution is 5.87. The molecular formula is C25H26O3. The van der Waals surface area contributed by atoms with Gasteiger partial charge in [0.15, 0.2) is 0 Å².